The Hall–Kier alpha value is -2.62. The summed E-state index contributed by atoms with van der Waals surface area (Å²) in [6, 6.07) is 10.4. The van der Waals surface area contributed by atoms with E-state index in [1.807, 2.05) is 0 Å². The molecule has 0 saturated carbocycles. The lowest BCUT2D eigenvalue weighted by molar-refractivity contribution is -0.120. The Morgan fingerprint density at radius 1 is 1.26 bits per heavy atom. The minimum absolute atomic E-state index is 0.0154. The van der Waals surface area contributed by atoms with Gasteiger partial charge in [0.1, 0.15) is 5.65 Å². The predicted molar refractivity (Wildman–Crippen MR) is 109 cm³/mol. The number of benzene rings is 1. The van der Waals surface area contributed by atoms with Crippen LogP contribution in [0, 0.1) is 19.8 Å². The number of imidazole rings is 1. The van der Waals surface area contributed by atoms with E-state index in [9.17, 15) is 4.79 Å². The summed E-state index contributed by atoms with van der Waals surface area (Å²) in [5.74, 6) is 0.484. The highest BCUT2D eigenvalue weighted by molar-refractivity contribution is 5.94. The maximum atomic E-state index is 13.1. The maximum Gasteiger partial charge on any atom is 0.227 e. The molecule has 1 aliphatic carbocycles. The standard InChI is InChI=1S/C23H27N3O/c1-14(2)18-7-5-6-16(4)22(18)25-23(27)17-8-9-19-20(13-17)26-11-10-15(3)12-21(26)24-19/h5-7,10-12,14,17H,8-9,13H2,1-4H3,(H,25,27). The van der Waals surface area contributed by atoms with Crippen molar-refractivity contribution in [2.75, 3.05) is 5.32 Å². The van der Waals surface area contributed by atoms with Crippen molar-refractivity contribution in [3.63, 3.8) is 0 Å². The SMILES string of the molecule is Cc1ccn2c3c(nc2c1)CCC(C(=O)Nc1c(C)cccc1C(C)C)C3. The molecule has 1 amide bonds. The van der Waals surface area contributed by atoms with Gasteiger partial charge < -0.3 is 9.72 Å². The number of anilines is 1. The van der Waals surface area contributed by atoms with Gasteiger partial charge in [0, 0.05) is 29.9 Å². The summed E-state index contributed by atoms with van der Waals surface area (Å²) >= 11 is 0. The smallest absolute Gasteiger partial charge is 0.227 e. The van der Waals surface area contributed by atoms with Crippen LogP contribution in [0.15, 0.2) is 36.5 Å². The first-order valence-corrected chi connectivity index (χ1v) is 9.81. The van der Waals surface area contributed by atoms with Crippen molar-refractivity contribution in [3.8, 4) is 0 Å². The third-order valence-corrected chi connectivity index (χ3v) is 5.68. The van der Waals surface area contributed by atoms with E-state index in [4.69, 9.17) is 4.98 Å². The highest BCUT2D eigenvalue weighted by Crippen LogP contribution is 2.31. The van der Waals surface area contributed by atoms with Gasteiger partial charge in [-0.15, -0.1) is 0 Å². The lowest BCUT2D eigenvalue weighted by Crippen LogP contribution is -2.29. The number of aromatic nitrogens is 2. The molecule has 0 fully saturated rings. The zero-order valence-electron chi connectivity index (χ0n) is 16.5. The predicted octanol–water partition coefficient (Wildman–Crippen LogP) is 4.82. The minimum atomic E-state index is -0.0154. The molecule has 1 N–H and O–H groups in total. The Morgan fingerprint density at radius 3 is 2.85 bits per heavy atom. The van der Waals surface area contributed by atoms with Crippen LogP contribution in [-0.2, 0) is 17.6 Å². The molecule has 1 aliphatic rings. The Morgan fingerprint density at radius 2 is 2.07 bits per heavy atom. The molecule has 2 heterocycles. The average molecular weight is 361 g/mol. The van der Waals surface area contributed by atoms with Gasteiger partial charge in [-0.3, -0.25) is 4.79 Å². The van der Waals surface area contributed by atoms with Gasteiger partial charge in [-0.1, -0.05) is 32.0 Å². The molecule has 0 aliphatic heterocycles. The molecular formula is C23H27N3O. The molecule has 0 spiro atoms. The second-order valence-corrected chi connectivity index (χ2v) is 8.06. The number of carbonyl (C=O) groups excluding carboxylic acids is 1. The topological polar surface area (TPSA) is 46.4 Å². The molecule has 1 aromatic carbocycles. The Labute approximate surface area is 160 Å². The number of hydrogen-bond acceptors (Lipinski definition) is 2. The number of fused-ring (bicyclic) bond motifs is 3. The lowest BCUT2D eigenvalue weighted by Gasteiger charge is -2.23. The van der Waals surface area contributed by atoms with Crippen LogP contribution < -0.4 is 5.32 Å². The van der Waals surface area contributed by atoms with Gasteiger partial charge in [0.15, 0.2) is 0 Å². The second-order valence-electron chi connectivity index (χ2n) is 8.06. The van der Waals surface area contributed by atoms with Gasteiger partial charge >= 0.3 is 0 Å². The van der Waals surface area contributed by atoms with E-state index in [1.165, 1.54) is 16.8 Å². The van der Waals surface area contributed by atoms with Crippen LogP contribution in [0.1, 0.15) is 54.3 Å². The van der Waals surface area contributed by atoms with E-state index < -0.39 is 0 Å². The maximum absolute atomic E-state index is 13.1. The normalized spacial score (nSPS) is 16.6. The summed E-state index contributed by atoms with van der Waals surface area (Å²) in [5, 5.41) is 3.24. The van der Waals surface area contributed by atoms with Gasteiger partial charge in [-0.2, -0.15) is 0 Å². The number of nitrogens with one attached hydrogen (secondary N) is 1. The number of rotatable bonds is 3. The molecule has 2 aromatic heterocycles. The molecule has 27 heavy (non-hydrogen) atoms. The molecule has 1 atom stereocenters. The van der Waals surface area contributed by atoms with Crippen molar-refractivity contribution in [2.24, 2.45) is 5.92 Å². The summed E-state index contributed by atoms with van der Waals surface area (Å²) in [7, 11) is 0. The Bertz CT molecular complexity index is 1020. The van der Waals surface area contributed by atoms with Crippen LogP contribution in [0.25, 0.3) is 5.65 Å². The zero-order valence-corrected chi connectivity index (χ0v) is 16.5. The molecule has 140 valence electrons. The molecule has 0 saturated heterocycles. The summed E-state index contributed by atoms with van der Waals surface area (Å²) in [6.45, 7) is 8.47. The fourth-order valence-corrected chi connectivity index (χ4v) is 4.10. The fourth-order valence-electron chi connectivity index (χ4n) is 4.10. The second kappa shape index (κ2) is 6.84. The molecule has 0 bridgehead atoms. The Balaban J connectivity index is 1.60. The third kappa shape index (κ3) is 3.25. The third-order valence-electron chi connectivity index (χ3n) is 5.68. The van der Waals surface area contributed by atoms with Crippen LogP contribution in [0.4, 0.5) is 5.69 Å². The van der Waals surface area contributed by atoms with E-state index in [-0.39, 0.29) is 11.8 Å². The van der Waals surface area contributed by atoms with Crippen LogP contribution in [0.3, 0.4) is 0 Å². The van der Waals surface area contributed by atoms with Gasteiger partial charge in [0.25, 0.3) is 0 Å². The molecule has 4 nitrogen and oxygen atoms in total. The van der Waals surface area contributed by atoms with Crippen molar-refractivity contribution in [1.29, 1.82) is 0 Å². The minimum Gasteiger partial charge on any atom is -0.325 e. The average Bonchev–Trinajstić information content (AvgIpc) is 2.99. The summed E-state index contributed by atoms with van der Waals surface area (Å²) in [6.07, 6.45) is 4.53. The number of para-hydroxylation sites is 1. The number of nitrogens with zero attached hydrogens (tertiary/aromatic N) is 2. The van der Waals surface area contributed by atoms with Crippen LogP contribution in [0.2, 0.25) is 0 Å². The number of pyridine rings is 1. The van der Waals surface area contributed by atoms with Crippen molar-refractivity contribution in [2.45, 2.75) is 52.9 Å². The van der Waals surface area contributed by atoms with Gasteiger partial charge in [0.2, 0.25) is 5.91 Å². The molecule has 4 rings (SSSR count). The summed E-state index contributed by atoms with van der Waals surface area (Å²) in [5.41, 5.74) is 7.83. The monoisotopic (exact) mass is 361 g/mol. The van der Waals surface area contributed by atoms with E-state index in [2.05, 4.69) is 73.9 Å². The quantitative estimate of drug-likeness (QED) is 0.727. The molecule has 0 radical (unpaired) electrons. The number of aryl methyl sites for hydroxylation is 3. The number of hydrogen-bond donors (Lipinski definition) is 1. The lowest BCUT2D eigenvalue weighted by atomic mass is 9.88. The zero-order chi connectivity index (χ0) is 19.1. The van der Waals surface area contributed by atoms with Gasteiger partial charge in [0.05, 0.1) is 5.69 Å². The first-order chi connectivity index (χ1) is 12.9. The highest BCUT2D eigenvalue weighted by Gasteiger charge is 2.28. The van der Waals surface area contributed by atoms with Crippen LogP contribution in [-0.4, -0.2) is 15.3 Å². The summed E-state index contributed by atoms with van der Waals surface area (Å²) < 4.78 is 2.15. The largest absolute Gasteiger partial charge is 0.325 e. The van der Waals surface area contributed by atoms with Gasteiger partial charge in [-0.25, -0.2) is 4.98 Å². The van der Waals surface area contributed by atoms with Crippen molar-refractivity contribution < 1.29 is 4.79 Å². The fraction of sp³-hybridized carbons (Fsp3) is 0.391. The van der Waals surface area contributed by atoms with E-state index in [0.29, 0.717) is 5.92 Å². The highest BCUT2D eigenvalue weighted by atomic mass is 16.1. The molecule has 1 unspecified atom stereocenters. The van der Waals surface area contributed by atoms with Crippen molar-refractivity contribution in [1.82, 2.24) is 9.38 Å². The first-order valence-electron chi connectivity index (χ1n) is 9.81. The summed E-state index contributed by atoms with van der Waals surface area (Å²) in [4.78, 5) is 17.9. The van der Waals surface area contributed by atoms with E-state index in [0.717, 1.165) is 41.9 Å². The molecule has 3 aromatic rings. The van der Waals surface area contributed by atoms with Crippen LogP contribution in [0.5, 0.6) is 0 Å². The first kappa shape index (κ1) is 17.8. The Kier molecular flexibility index (Phi) is 4.50. The van der Waals surface area contributed by atoms with E-state index >= 15 is 0 Å². The van der Waals surface area contributed by atoms with E-state index in [1.54, 1.807) is 0 Å². The van der Waals surface area contributed by atoms with Gasteiger partial charge in [-0.05, 0) is 61.4 Å². The number of amides is 1. The van der Waals surface area contributed by atoms with Crippen molar-refractivity contribution in [3.05, 3.63) is 64.6 Å². The van der Waals surface area contributed by atoms with Crippen LogP contribution >= 0.6 is 0 Å². The molecular weight excluding hydrogens is 334 g/mol. The number of carbonyl (C=O) groups is 1. The van der Waals surface area contributed by atoms with Crippen molar-refractivity contribution >= 4 is 17.2 Å². The molecule has 4 heteroatoms.